The Bertz CT molecular complexity index is 377. The lowest BCUT2D eigenvalue weighted by Gasteiger charge is -2.22. The number of hydrogen-bond acceptors (Lipinski definition) is 4. The van der Waals surface area contributed by atoms with Crippen molar-refractivity contribution < 1.29 is 9.53 Å². The van der Waals surface area contributed by atoms with Crippen LogP contribution in [-0.2, 0) is 16.0 Å². The Labute approximate surface area is 113 Å². The predicted octanol–water partition coefficient (Wildman–Crippen LogP) is 1.16. The Morgan fingerprint density at radius 3 is 3.24 bits per heavy atom. The fourth-order valence-corrected chi connectivity index (χ4v) is 3.10. The molecule has 1 aliphatic rings. The van der Waals surface area contributed by atoms with Crippen LogP contribution in [0.2, 0.25) is 0 Å². The first-order valence-electron chi connectivity index (χ1n) is 5.58. The highest BCUT2D eigenvalue weighted by molar-refractivity contribution is 9.10. The highest BCUT2D eigenvalue weighted by Gasteiger charge is 2.20. The molecule has 1 aromatic heterocycles. The second-order valence-electron chi connectivity index (χ2n) is 3.84. The van der Waals surface area contributed by atoms with E-state index in [0.717, 1.165) is 17.4 Å². The molecule has 1 aliphatic heterocycles. The molecule has 0 saturated carbocycles. The molecule has 1 unspecified atom stereocenters. The van der Waals surface area contributed by atoms with E-state index >= 15 is 0 Å². The van der Waals surface area contributed by atoms with Gasteiger partial charge in [0, 0.05) is 34.4 Å². The van der Waals surface area contributed by atoms with Crippen LogP contribution in [0.1, 0.15) is 4.88 Å². The zero-order valence-electron chi connectivity index (χ0n) is 9.37. The molecule has 4 nitrogen and oxygen atoms in total. The molecule has 1 saturated heterocycles. The number of morpholine rings is 1. The first kappa shape index (κ1) is 13.0. The maximum Gasteiger partial charge on any atom is 0.250 e. The predicted molar refractivity (Wildman–Crippen MR) is 71.3 cm³/mol. The number of amides is 1. The van der Waals surface area contributed by atoms with Gasteiger partial charge in [-0.25, -0.2) is 0 Å². The van der Waals surface area contributed by atoms with Crippen LogP contribution in [0.3, 0.4) is 0 Å². The van der Waals surface area contributed by atoms with Crippen molar-refractivity contribution in [1.29, 1.82) is 0 Å². The number of halogens is 1. The summed E-state index contributed by atoms with van der Waals surface area (Å²) in [5, 5.41) is 8.08. The Hall–Kier alpha value is -0.430. The highest BCUT2D eigenvalue weighted by atomic mass is 79.9. The summed E-state index contributed by atoms with van der Waals surface area (Å²) in [6.45, 7) is 2.70. The van der Waals surface area contributed by atoms with Crippen LogP contribution in [-0.4, -0.2) is 38.3 Å². The van der Waals surface area contributed by atoms with E-state index in [1.807, 2.05) is 5.38 Å². The van der Waals surface area contributed by atoms with E-state index < -0.39 is 0 Å². The summed E-state index contributed by atoms with van der Waals surface area (Å²) >= 11 is 5.11. The summed E-state index contributed by atoms with van der Waals surface area (Å²) in [4.78, 5) is 13.0. The number of thiophene rings is 1. The molecule has 6 heteroatoms. The number of ether oxygens (including phenoxy) is 1. The average Bonchev–Trinajstić information content (AvgIpc) is 2.76. The molecule has 1 aromatic rings. The van der Waals surface area contributed by atoms with Gasteiger partial charge in [-0.05, 0) is 28.4 Å². The van der Waals surface area contributed by atoms with Crippen LogP contribution in [0, 0.1) is 0 Å². The first-order chi connectivity index (χ1) is 8.25. The molecule has 0 radical (unpaired) electrons. The minimum atomic E-state index is -0.334. The van der Waals surface area contributed by atoms with Gasteiger partial charge in [0.2, 0.25) is 5.91 Å². The van der Waals surface area contributed by atoms with E-state index in [9.17, 15) is 4.79 Å². The van der Waals surface area contributed by atoms with Crippen LogP contribution in [0.15, 0.2) is 15.9 Å². The second-order valence-corrected chi connectivity index (χ2v) is 5.75. The molecule has 1 atom stereocenters. The summed E-state index contributed by atoms with van der Waals surface area (Å²) in [7, 11) is 0. The fraction of sp³-hybridized carbons (Fsp3) is 0.545. The minimum absolute atomic E-state index is 0.0205. The molecular formula is C11H15BrN2O2S. The summed E-state index contributed by atoms with van der Waals surface area (Å²) in [6, 6.07) is 2.08. The molecule has 0 spiro atoms. The first-order valence-corrected chi connectivity index (χ1v) is 7.26. The van der Waals surface area contributed by atoms with Crippen LogP contribution < -0.4 is 10.6 Å². The van der Waals surface area contributed by atoms with Crippen LogP contribution in [0.5, 0.6) is 0 Å². The van der Waals surface area contributed by atoms with Crippen molar-refractivity contribution in [2.75, 3.05) is 26.2 Å². The standard InChI is InChI=1S/C11H15BrN2O2S/c12-8-5-9(17-7-8)1-2-14-11(15)10-6-13-3-4-16-10/h5,7,10,13H,1-4,6H2,(H,14,15). The van der Waals surface area contributed by atoms with E-state index in [1.54, 1.807) is 11.3 Å². The fourth-order valence-electron chi connectivity index (χ4n) is 1.64. The van der Waals surface area contributed by atoms with Crippen molar-refractivity contribution in [3.63, 3.8) is 0 Å². The summed E-state index contributed by atoms with van der Waals surface area (Å²) < 4.78 is 6.47. The Morgan fingerprint density at radius 2 is 2.59 bits per heavy atom. The van der Waals surface area contributed by atoms with Crippen molar-refractivity contribution in [1.82, 2.24) is 10.6 Å². The van der Waals surface area contributed by atoms with E-state index in [2.05, 4.69) is 32.6 Å². The van der Waals surface area contributed by atoms with Gasteiger partial charge in [0.15, 0.2) is 0 Å². The third kappa shape index (κ3) is 4.06. The molecule has 2 N–H and O–H groups in total. The second kappa shape index (κ2) is 6.49. The smallest absolute Gasteiger partial charge is 0.250 e. The Balaban J connectivity index is 1.69. The van der Waals surface area contributed by atoms with Crippen molar-refractivity contribution in [2.45, 2.75) is 12.5 Å². The van der Waals surface area contributed by atoms with Gasteiger partial charge in [-0.2, -0.15) is 0 Å². The third-order valence-electron chi connectivity index (χ3n) is 2.51. The maximum absolute atomic E-state index is 11.7. The lowest BCUT2D eigenvalue weighted by molar-refractivity contribution is -0.134. The average molecular weight is 319 g/mol. The number of carbonyl (C=O) groups is 1. The third-order valence-corrected chi connectivity index (χ3v) is 4.27. The number of nitrogens with one attached hydrogen (secondary N) is 2. The Kier molecular flexibility index (Phi) is 4.97. The molecule has 1 amide bonds. The van der Waals surface area contributed by atoms with Gasteiger partial charge in [0.1, 0.15) is 6.10 Å². The molecule has 1 fully saturated rings. The number of carbonyl (C=O) groups excluding carboxylic acids is 1. The van der Waals surface area contributed by atoms with Crippen molar-refractivity contribution in [2.24, 2.45) is 0 Å². The number of rotatable bonds is 4. The van der Waals surface area contributed by atoms with Crippen LogP contribution in [0.4, 0.5) is 0 Å². The van der Waals surface area contributed by atoms with Crippen LogP contribution >= 0.6 is 27.3 Å². The van der Waals surface area contributed by atoms with Crippen molar-refractivity contribution in [3.8, 4) is 0 Å². The lowest BCUT2D eigenvalue weighted by atomic mass is 10.2. The SMILES string of the molecule is O=C(NCCc1cc(Br)cs1)C1CNCCO1. The van der Waals surface area contributed by atoms with E-state index in [0.29, 0.717) is 19.7 Å². The largest absolute Gasteiger partial charge is 0.366 e. The molecule has 2 rings (SSSR count). The molecule has 0 aliphatic carbocycles. The quantitative estimate of drug-likeness (QED) is 0.876. The molecule has 0 bridgehead atoms. The summed E-state index contributed by atoms with van der Waals surface area (Å²) in [6.07, 6.45) is 0.529. The monoisotopic (exact) mass is 318 g/mol. The van der Waals surface area contributed by atoms with Crippen molar-refractivity contribution >= 4 is 33.2 Å². The maximum atomic E-state index is 11.7. The van der Waals surface area contributed by atoms with Gasteiger partial charge in [0.25, 0.3) is 0 Å². The van der Waals surface area contributed by atoms with Crippen molar-refractivity contribution in [3.05, 3.63) is 20.8 Å². The summed E-state index contributed by atoms with van der Waals surface area (Å²) in [5.74, 6) is -0.0205. The zero-order chi connectivity index (χ0) is 12.1. The Morgan fingerprint density at radius 1 is 1.71 bits per heavy atom. The minimum Gasteiger partial charge on any atom is -0.366 e. The molecule has 17 heavy (non-hydrogen) atoms. The van der Waals surface area contributed by atoms with Gasteiger partial charge in [0.05, 0.1) is 6.61 Å². The molecular weight excluding hydrogens is 304 g/mol. The lowest BCUT2D eigenvalue weighted by Crippen LogP contribution is -2.48. The molecule has 0 aromatic carbocycles. The van der Waals surface area contributed by atoms with Gasteiger partial charge in [-0.15, -0.1) is 11.3 Å². The highest BCUT2D eigenvalue weighted by Crippen LogP contribution is 2.19. The molecule has 94 valence electrons. The van der Waals surface area contributed by atoms with Crippen LogP contribution in [0.25, 0.3) is 0 Å². The normalized spacial score (nSPS) is 20.2. The van der Waals surface area contributed by atoms with Gasteiger partial charge < -0.3 is 15.4 Å². The summed E-state index contributed by atoms with van der Waals surface area (Å²) in [5.41, 5.74) is 0. The zero-order valence-corrected chi connectivity index (χ0v) is 11.8. The van der Waals surface area contributed by atoms with Gasteiger partial charge in [-0.3, -0.25) is 4.79 Å². The number of hydrogen-bond donors (Lipinski definition) is 2. The van der Waals surface area contributed by atoms with E-state index in [1.165, 1.54) is 4.88 Å². The van der Waals surface area contributed by atoms with Gasteiger partial charge >= 0.3 is 0 Å². The van der Waals surface area contributed by atoms with E-state index in [-0.39, 0.29) is 12.0 Å². The molecule has 2 heterocycles. The van der Waals surface area contributed by atoms with E-state index in [4.69, 9.17) is 4.74 Å². The topological polar surface area (TPSA) is 50.4 Å². The van der Waals surface area contributed by atoms with Gasteiger partial charge in [-0.1, -0.05) is 0 Å².